The summed E-state index contributed by atoms with van der Waals surface area (Å²) in [5.41, 5.74) is 0.969. The molecule has 2 amide bonds. The summed E-state index contributed by atoms with van der Waals surface area (Å²) in [6, 6.07) is 0.195. The second-order valence-corrected chi connectivity index (χ2v) is 8.66. The molecular formula is C21H30FN3O3. The quantitative estimate of drug-likeness (QED) is 0.742. The summed E-state index contributed by atoms with van der Waals surface area (Å²) in [6.45, 7) is 7.68. The molecule has 3 heterocycles. The SMILES string of the molecule is CCOC(=O)N1CCC(C)(N2CCC(N3C(=O)CC4CC(F)=CC=C43)CC2)C1. The number of carbonyl (C=O) groups excluding carboxylic acids is 2. The number of halogens is 1. The van der Waals surface area contributed by atoms with E-state index in [9.17, 15) is 14.0 Å². The first-order chi connectivity index (χ1) is 13.4. The van der Waals surface area contributed by atoms with Gasteiger partial charge in [-0.3, -0.25) is 9.69 Å². The molecule has 6 nitrogen and oxygen atoms in total. The Morgan fingerprint density at radius 1 is 1.25 bits per heavy atom. The first-order valence-electron chi connectivity index (χ1n) is 10.5. The van der Waals surface area contributed by atoms with Crippen LogP contribution in [0, 0.1) is 5.92 Å². The predicted octanol–water partition coefficient (Wildman–Crippen LogP) is 3.06. The second-order valence-electron chi connectivity index (χ2n) is 8.66. The fourth-order valence-corrected chi connectivity index (χ4v) is 5.28. The van der Waals surface area contributed by atoms with E-state index in [1.54, 1.807) is 11.0 Å². The summed E-state index contributed by atoms with van der Waals surface area (Å²) in [5, 5.41) is 0. The minimum atomic E-state index is -0.223. The molecule has 0 bridgehead atoms. The second kappa shape index (κ2) is 7.50. The maximum atomic E-state index is 13.6. The Morgan fingerprint density at radius 2 is 2.00 bits per heavy atom. The number of ether oxygens (including phenoxy) is 1. The third-order valence-electron chi connectivity index (χ3n) is 6.83. The van der Waals surface area contributed by atoms with Gasteiger partial charge in [0, 0.05) is 62.2 Å². The van der Waals surface area contributed by atoms with Crippen molar-refractivity contribution in [2.75, 3.05) is 32.8 Å². The van der Waals surface area contributed by atoms with E-state index in [-0.39, 0.29) is 35.3 Å². The zero-order valence-electron chi connectivity index (χ0n) is 16.8. The fourth-order valence-electron chi connectivity index (χ4n) is 5.28. The van der Waals surface area contributed by atoms with Crippen LogP contribution in [-0.4, -0.2) is 71.1 Å². The van der Waals surface area contributed by atoms with Crippen LogP contribution in [0.3, 0.4) is 0 Å². The van der Waals surface area contributed by atoms with E-state index in [4.69, 9.17) is 4.74 Å². The third-order valence-corrected chi connectivity index (χ3v) is 6.83. The predicted molar refractivity (Wildman–Crippen MR) is 103 cm³/mol. The van der Waals surface area contributed by atoms with Gasteiger partial charge in [-0.25, -0.2) is 9.18 Å². The summed E-state index contributed by atoms with van der Waals surface area (Å²) in [7, 11) is 0. The highest BCUT2D eigenvalue weighted by molar-refractivity contribution is 5.83. The molecule has 154 valence electrons. The highest BCUT2D eigenvalue weighted by atomic mass is 19.1. The van der Waals surface area contributed by atoms with Crippen molar-refractivity contribution < 1.29 is 18.7 Å². The summed E-state index contributed by atoms with van der Waals surface area (Å²) >= 11 is 0. The van der Waals surface area contributed by atoms with Crippen molar-refractivity contribution in [1.82, 2.24) is 14.7 Å². The van der Waals surface area contributed by atoms with Crippen LogP contribution in [-0.2, 0) is 9.53 Å². The Bertz CT molecular complexity index is 714. The van der Waals surface area contributed by atoms with Crippen molar-refractivity contribution in [2.45, 2.75) is 57.5 Å². The van der Waals surface area contributed by atoms with Gasteiger partial charge < -0.3 is 14.5 Å². The fraction of sp³-hybridized carbons (Fsp3) is 0.714. The van der Waals surface area contributed by atoms with Crippen LogP contribution in [0.2, 0.25) is 0 Å². The topological polar surface area (TPSA) is 53.1 Å². The maximum Gasteiger partial charge on any atom is 0.409 e. The molecule has 2 unspecified atom stereocenters. The average molecular weight is 391 g/mol. The summed E-state index contributed by atoms with van der Waals surface area (Å²) in [6.07, 6.45) is 6.64. The smallest absolute Gasteiger partial charge is 0.409 e. The molecule has 1 aliphatic carbocycles. The Kier molecular flexibility index (Phi) is 5.21. The minimum absolute atomic E-state index is 0.0148. The summed E-state index contributed by atoms with van der Waals surface area (Å²) < 4.78 is 18.7. The number of hydrogen-bond acceptors (Lipinski definition) is 4. The van der Waals surface area contributed by atoms with E-state index >= 15 is 0 Å². The van der Waals surface area contributed by atoms with Gasteiger partial charge in [0.1, 0.15) is 5.83 Å². The number of nitrogens with zero attached hydrogens (tertiary/aromatic N) is 3. The van der Waals surface area contributed by atoms with Crippen molar-refractivity contribution in [2.24, 2.45) is 5.92 Å². The van der Waals surface area contributed by atoms with Crippen LogP contribution in [0.5, 0.6) is 0 Å². The summed E-state index contributed by atoms with van der Waals surface area (Å²) in [5.74, 6) is 0.0258. The van der Waals surface area contributed by atoms with Crippen LogP contribution in [0.4, 0.5) is 9.18 Å². The van der Waals surface area contributed by atoms with Crippen molar-refractivity contribution in [1.29, 1.82) is 0 Å². The molecule has 2 atom stereocenters. The minimum Gasteiger partial charge on any atom is -0.450 e. The van der Waals surface area contributed by atoms with Crippen LogP contribution in [0.15, 0.2) is 23.7 Å². The van der Waals surface area contributed by atoms with Gasteiger partial charge in [0.15, 0.2) is 0 Å². The monoisotopic (exact) mass is 391 g/mol. The van der Waals surface area contributed by atoms with E-state index < -0.39 is 0 Å². The molecule has 0 spiro atoms. The Labute approximate surface area is 166 Å². The highest BCUT2D eigenvalue weighted by Crippen LogP contribution is 2.41. The standard InChI is InChI=1S/C21H30FN3O3/c1-3-28-20(27)23-11-8-21(2,14-23)24-9-6-17(7-10-24)25-18-5-4-16(22)12-15(18)13-19(25)26/h4-5,15,17H,3,6-14H2,1-2H3. The van der Waals surface area contributed by atoms with Crippen LogP contribution >= 0.6 is 0 Å². The van der Waals surface area contributed by atoms with Gasteiger partial charge in [0.2, 0.25) is 5.91 Å². The molecular weight excluding hydrogens is 361 g/mol. The normalized spacial score (nSPS) is 31.7. The molecule has 3 saturated heterocycles. The van der Waals surface area contributed by atoms with Crippen molar-refractivity contribution in [3.05, 3.63) is 23.7 Å². The third kappa shape index (κ3) is 3.45. The molecule has 0 aromatic rings. The number of rotatable bonds is 3. The van der Waals surface area contributed by atoms with Crippen LogP contribution in [0.25, 0.3) is 0 Å². The van der Waals surface area contributed by atoms with Gasteiger partial charge in [-0.1, -0.05) is 0 Å². The molecule has 4 rings (SSSR count). The number of piperidine rings is 1. The number of amides is 2. The van der Waals surface area contributed by atoms with E-state index in [1.807, 2.05) is 11.8 Å². The first-order valence-corrected chi connectivity index (χ1v) is 10.5. The first kappa shape index (κ1) is 19.4. The molecule has 28 heavy (non-hydrogen) atoms. The molecule has 0 radical (unpaired) electrons. The Hall–Kier alpha value is -1.89. The highest BCUT2D eigenvalue weighted by Gasteiger charge is 2.45. The molecule has 7 heteroatoms. The lowest BCUT2D eigenvalue weighted by Crippen LogP contribution is -2.54. The zero-order valence-corrected chi connectivity index (χ0v) is 16.8. The Morgan fingerprint density at radius 3 is 2.71 bits per heavy atom. The lowest BCUT2D eigenvalue weighted by Gasteiger charge is -2.45. The van der Waals surface area contributed by atoms with Crippen molar-refractivity contribution in [3.63, 3.8) is 0 Å². The van der Waals surface area contributed by atoms with E-state index in [2.05, 4.69) is 11.8 Å². The van der Waals surface area contributed by atoms with Crippen molar-refractivity contribution in [3.8, 4) is 0 Å². The number of likely N-dealkylation sites (tertiary alicyclic amines) is 3. The molecule has 4 aliphatic rings. The lowest BCUT2D eigenvalue weighted by atomic mass is 9.92. The Balaban J connectivity index is 1.37. The van der Waals surface area contributed by atoms with Crippen LogP contribution < -0.4 is 0 Å². The number of carbonyl (C=O) groups is 2. The van der Waals surface area contributed by atoms with E-state index in [0.717, 1.165) is 44.6 Å². The largest absolute Gasteiger partial charge is 0.450 e. The average Bonchev–Trinajstić information content (AvgIpc) is 3.22. The molecule has 3 aliphatic heterocycles. The maximum absolute atomic E-state index is 13.6. The van der Waals surface area contributed by atoms with Crippen molar-refractivity contribution >= 4 is 12.0 Å². The van der Waals surface area contributed by atoms with Gasteiger partial charge in [0.05, 0.1) is 6.61 Å². The number of hydrogen-bond donors (Lipinski definition) is 0. The zero-order chi connectivity index (χ0) is 19.9. The van der Waals surface area contributed by atoms with Gasteiger partial charge in [-0.2, -0.15) is 0 Å². The van der Waals surface area contributed by atoms with E-state index in [0.29, 0.717) is 26.0 Å². The molecule has 0 aromatic heterocycles. The molecule has 0 saturated carbocycles. The molecule has 3 fully saturated rings. The summed E-state index contributed by atoms with van der Waals surface area (Å²) in [4.78, 5) is 30.9. The number of fused-ring (bicyclic) bond motifs is 1. The number of allylic oxidation sites excluding steroid dienone is 4. The molecule has 0 N–H and O–H groups in total. The van der Waals surface area contributed by atoms with E-state index in [1.165, 1.54) is 6.08 Å². The lowest BCUT2D eigenvalue weighted by molar-refractivity contribution is -0.129. The van der Waals surface area contributed by atoms with Gasteiger partial charge in [0.25, 0.3) is 0 Å². The van der Waals surface area contributed by atoms with Gasteiger partial charge >= 0.3 is 6.09 Å². The van der Waals surface area contributed by atoms with Gasteiger partial charge in [-0.05, 0) is 45.3 Å². The van der Waals surface area contributed by atoms with Crippen LogP contribution in [0.1, 0.15) is 46.0 Å². The molecule has 0 aromatic carbocycles. The van der Waals surface area contributed by atoms with Gasteiger partial charge in [-0.15, -0.1) is 0 Å².